The SMILES string of the molecule is Cc1ccc(Cl)c(Oc2cc(N3CCN(C(=O)c4ccc([N+](=O)[O-])cc4)[C@H](C)C3)ncn2)c1. The molecule has 1 aromatic heterocycles. The Kier molecular flexibility index (Phi) is 6.41. The van der Waals surface area contributed by atoms with Gasteiger partial charge in [-0.15, -0.1) is 0 Å². The monoisotopic (exact) mass is 467 g/mol. The van der Waals surface area contributed by atoms with E-state index in [2.05, 4.69) is 14.9 Å². The Labute approximate surface area is 195 Å². The van der Waals surface area contributed by atoms with Gasteiger partial charge in [-0.3, -0.25) is 14.9 Å². The molecule has 0 N–H and O–H groups in total. The van der Waals surface area contributed by atoms with Crippen LogP contribution in [0, 0.1) is 17.0 Å². The number of ether oxygens (including phenoxy) is 1. The van der Waals surface area contributed by atoms with E-state index in [4.69, 9.17) is 16.3 Å². The minimum atomic E-state index is -0.484. The molecule has 4 rings (SSSR count). The minimum absolute atomic E-state index is 0.0434. The lowest BCUT2D eigenvalue weighted by molar-refractivity contribution is -0.384. The number of hydrogen-bond donors (Lipinski definition) is 0. The minimum Gasteiger partial charge on any atom is -0.437 e. The van der Waals surface area contributed by atoms with Gasteiger partial charge in [-0.05, 0) is 43.7 Å². The van der Waals surface area contributed by atoms with Gasteiger partial charge in [0.05, 0.1) is 9.95 Å². The first-order chi connectivity index (χ1) is 15.8. The number of aryl methyl sites for hydroxylation is 1. The van der Waals surface area contributed by atoms with E-state index in [1.165, 1.54) is 30.6 Å². The molecule has 0 unspecified atom stereocenters. The van der Waals surface area contributed by atoms with Crippen LogP contribution < -0.4 is 9.64 Å². The molecule has 0 aliphatic carbocycles. The summed E-state index contributed by atoms with van der Waals surface area (Å²) in [5.74, 6) is 1.44. The fourth-order valence-electron chi connectivity index (χ4n) is 3.72. The molecule has 1 aliphatic rings. The summed E-state index contributed by atoms with van der Waals surface area (Å²) >= 11 is 6.22. The number of aromatic nitrogens is 2. The van der Waals surface area contributed by atoms with Crippen molar-refractivity contribution in [1.82, 2.24) is 14.9 Å². The average Bonchev–Trinajstić information content (AvgIpc) is 2.81. The van der Waals surface area contributed by atoms with E-state index in [9.17, 15) is 14.9 Å². The fraction of sp³-hybridized carbons (Fsp3) is 0.261. The van der Waals surface area contributed by atoms with Gasteiger partial charge in [0.1, 0.15) is 17.9 Å². The maximum atomic E-state index is 12.9. The summed E-state index contributed by atoms with van der Waals surface area (Å²) in [5.41, 5.74) is 1.40. The van der Waals surface area contributed by atoms with E-state index < -0.39 is 4.92 Å². The fourth-order valence-corrected chi connectivity index (χ4v) is 3.88. The lowest BCUT2D eigenvalue weighted by Gasteiger charge is -2.40. The van der Waals surface area contributed by atoms with Crippen molar-refractivity contribution < 1.29 is 14.5 Å². The van der Waals surface area contributed by atoms with E-state index >= 15 is 0 Å². The van der Waals surface area contributed by atoms with Crippen molar-refractivity contribution in [3.63, 3.8) is 0 Å². The van der Waals surface area contributed by atoms with Gasteiger partial charge in [-0.25, -0.2) is 9.97 Å². The van der Waals surface area contributed by atoms with Gasteiger partial charge in [0.15, 0.2) is 0 Å². The maximum Gasteiger partial charge on any atom is 0.269 e. The van der Waals surface area contributed by atoms with Gasteiger partial charge in [0.2, 0.25) is 5.88 Å². The standard InChI is InChI=1S/C23H22ClN5O4/c1-15-3-8-19(24)20(11-15)33-22-12-21(25-14-26-22)27-9-10-28(16(2)13-27)23(30)17-4-6-18(7-5-17)29(31)32/h3-8,11-12,14,16H,9-10,13H2,1-2H3/t16-/m1/s1. The molecule has 2 aromatic carbocycles. The van der Waals surface area contributed by atoms with Crippen LogP contribution in [0.3, 0.4) is 0 Å². The molecule has 1 fully saturated rings. The summed E-state index contributed by atoms with van der Waals surface area (Å²) in [6.45, 7) is 5.54. The van der Waals surface area contributed by atoms with E-state index in [1.807, 2.05) is 26.0 Å². The van der Waals surface area contributed by atoms with Crippen LogP contribution in [-0.2, 0) is 0 Å². The summed E-state index contributed by atoms with van der Waals surface area (Å²) in [5, 5.41) is 11.3. The first kappa shape index (κ1) is 22.5. The summed E-state index contributed by atoms with van der Waals surface area (Å²) in [6.07, 6.45) is 1.44. The number of amides is 1. The maximum absolute atomic E-state index is 12.9. The van der Waals surface area contributed by atoms with Gasteiger partial charge in [0, 0.05) is 49.4 Å². The van der Waals surface area contributed by atoms with Crippen LogP contribution in [0.5, 0.6) is 11.6 Å². The second-order valence-corrected chi connectivity index (χ2v) is 8.26. The Morgan fingerprint density at radius 1 is 1.15 bits per heavy atom. The van der Waals surface area contributed by atoms with Crippen LogP contribution in [0.4, 0.5) is 11.5 Å². The van der Waals surface area contributed by atoms with E-state index in [1.54, 1.807) is 17.0 Å². The number of nitrogens with zero attached hydrogens (tertiary/aromatic N) is 5. The number of hydrogen-bond acceptors (Lipinski definition) is 7. The first-order valence-corrected chi connectivity index (χ1v) is 10.8. The van der Waals surface area contributed by atoms with Crippen LogP contribution in [-0.4, -0.2) is 51.4 Å². The van der Waals surface area contributed by atoms with Crippen molar-refractivity contribution in [3.05, 3.63) is 81.1 Å². The lowest BCUT2D eigenvalue weighted by Crippen LogP contribution is -2.54. The van der Waals surface area contributed by atoms with E-state index in [0.29, 0.717) is 47.7 Å². The molecule has 10 heteroatoms. The van der Waals surface area contributed by atoms with Crippen LogP contribution in [0.1, 0.15) is 22.8 Å². The Morgan fingerprint density at radius 3 is 2.61 bits per heavy atom. The molecule has 1 aliphatic heterocycles. The lowest BCUT2D eigenvalue weighted by atomic mass is 10.1. The van der Waals surface area contributed by atoms with Gasteiger partial charge < -0.3 is 14.5 Å². The number of rotatable bonds is 5. The zero-order valence-corrected chi connectivity index (χ0v) is 18.9. The van der Waals surface area contributed by atoms with Crippen molar-refractivity contribution in [2.24, 2.45) is 0 Å². The highest BCUT2D eigenvalue weighted by Gasteiger charge is 2.29. The number of benzene rings is 2. The molecule has 1 atom stereocenters. The molecule has 1 saturated heterocycles. The number of piperazine rings is 1. The Hall–Kier alpha value is -3.72. The molecule has 1 amide bonds. The van der Waals surface area contributed by atoms with Gasteiger partial charge in [-0.2, -0.15) is 0 Å². The third-order valence-electron chi connectivity index (χ3n) is 5.47. The molecule has 9 nitrogen and oxygen atoms in total. The number of nitro benzene ring substituents is 1. The second-order valence-electron chi connectivity index (χ2n) is 7.85. The molecule has 0 spiro atoms. The predicted octanol–water partition coefficient (Wildman–Crippen LogP) is 4.49. The highest BCUT2D eigenvalue weighted by molar-refractivity contribution is 6.32. The Morgan fingerprint density at radius 2 is 1.91 bits per heavy atom. The van der Waals surface area contributed by atoms with Crippen LogP contribution >= 0.6 is 11.6 Å². The highest BCUT2D eigenvalue weighted by Crippen LogP contribution is 2.30. The van der Waals surface area contributed by atoms with Crippen molar-refractivity contribution in [3.8, 4) is 11.6 Å². The van der Waals surface area contributed by atoms with Gasteiger partial charge in [-0.1, -0.05) is 17.7 Å². The largest absolute Gasteiger partial charge is 0.437 e. The molecule has 0 saturated carbocycles. The molecular weight excluding hydrogens is 446 g/mol. The molecule has 33 heavy (non-hydrogen) atoms. The molecule has 0 radical (unpaired) electrons. The van der Waals surface area contributed by atoms with Crippen molar-refractivity contribution in [2.45, 2.75) is 19.9 Å². The highest BCUT2D eigenvalue weighted by atomic mass is 35.5. The third-order valence-corrected chi connectivity index (χ3v) is 5.78. The van der Waals surface area contributed by atoms with Gasteiger partial charge in [0.25, 0.3) is 11.6 Å². The van der Waals surface area contributed by atoms with Crippen molar-refractivity contribution >= 4 is 29.0 Å². The van der Waals surface area contributed by atoms with Gasteiger partial charge >= 0.3 is 0 Å². The van der Waals surface area contributed by atoms with E-state index in [-0.39, 0.29) is 17.6 Å². The average molecular weight is 468 g/mol. The number of anilines is 1. The second kappa shape index (κ2) is 9.41. The van der Waals surface area contributed by atoms with Crippen molar-refractivity contribution in [2.75, 3.05) is 24.5 Å². The molecular formula is C23H22ClN5O4. The first-order valence-electron chi connectivity index (χ1n) is 10.4. The number of carbonyl (C=O) groups excluding carboxylic acids is 1. The molecule has 170 valence electrons. The number of carbonyl (C=O) groups is 1. The summed E-state index contributed by atoms with van der Waals surface area (Å²) < 4.78 is 5.87. The zero-order chi connectivity index (χ0) is 23.5. The number of non-ortho nitro benzene ring substituents is 1. The quantitative estimate of drug-likeness (QED) is 0.402. The number of nitro groups is 1. The van der Waals surface area contributed by atoms with Crippen molar-refractivity contribution in [1.29, 1.82) is 0 Å². The third kappa shape index (κ3) is 5.04. The van der Waals surface area contributed by atoms with Crippen LogP contribution in [0.2, 0.25) is 5.02 Å². The summed E-state index contributed by atoms with van der Waals surface area (Å²) in [7, 11) is 0. The molecule has 3 aromatic rings. The zero-order valence-electron chi connectivity index (χ0n) is 18.1. The predicted molar refractivity (Wildman–Crippen MR) is 124 cm³/mol. The molecule has 2 heterocycles. The summed E-state index contributed by atoms with van der Waals surface area (Å²) in [6, 6.07) is 12.8. The smallest absolute Gasteiger partial charge is 0.269 e. The topological polar surface area (TPSA) is 102 Å². The summed E-state index contributed by atoms with van der Waals surface area (Å²) in [4.78, 5) is 35.7. The number of halogens is 1. The Balaban J connectivity index is 1.44. The van der Waals surface area contributed by atoms with E-state index in [0.717, 1.165) is 5.56 Å². The van der Waals surface area contributed by atoms with Crippen LogP contribution in [0.15, 0.2) is 54.9 Å². The normalized spacial score (nSPS) is 15.9. The van der Waals surface area contributed by atoms with Crippen LogP contribution in [0.25, 0.3) is 0 Å². The Bertz CT molecular complexity index is 1190. The molecule has 0 bridgehead atoms.